The van der Waals surface area contributed by atoms with Gasteiger partial charge in [-0.15, -0.1) is 0 Å². The quantitative estimate of drug-likeness (QED) is 0.262. The summed E-state index contributed by atoms with van der Waals surface area (Å²) >= 11 is 0. The van der Waals surface area contributed by atoms with E-state index in [1.165, 1.54) is 16.7 Å². The molecule has 2 atom stereocenters. The number of nitrogens with zero attached hydrogens (tertiary/aromatic N) is 5. The van der Waals surface area contributed by atoms with Crippen molar-refractivity contribution in [2.45, 2.75) is 46.2 Å². The molecule has 0 bridgehead atoms. The Morgan fingerprint density at radius 3 is 2.38 bits per heavy atom. The summed E-state index contributed by atoms with van der Waals surface area (Å²) in [6.45, 7) is 6.10. The predicted octanol–water partition coefficient (Wildman–Crippen LogP) is 2.21. The van der Waals surface area contributed by atoms with Crippen LogP contribution in [0.4, 0.5) is 10.6 Å². The number of urea groups is 1. The minimum absolute atomic E-state index is 0.0340. The number of aliphatic hydroxyl groups is 1. The van der Waals surface area contributed by atoms with Crippen LogP contribution < -0.4 is 15.4 Å². The van der Waals surface area contributed by atoms with Gasteiger partial charge in [0.2, 0.25) is 5.91 Å². The van der Waals surface area contributed by atoms with E-state index >= 15 is 0 Å². The number of carbonyl (C=O) groups is 3. The first-order chi connectivity index (χ1) is 18.4. The number of β-lactam (4-membered cyclic amide) rings is 1. The van der Waals surface area contributed by atoms with E-state index in [0.717, 1.165) is 18.4 Å². The predicted molar refractivity (Wildman–Crippen MR) is 145 cm³/mol. The second-order valence-corrected chi connectivity index (χ2v) is 10.9. The number of hydrogen-bond donors (Lipinski definition) is 3. The number of ether oxygens (including phenoxy) is 1. The number of nitrogens with two attached hydrogens (primary N) is 1. The number of hydrogen-bond acceptors (Lipinski definition) is 8. The summed E-state index contributed by atoms with van der Waals surface area (Å²) < 4.78 is 7.02. The second kappa shape index (κ2) is 10.7. The van der Waals surface area contributed by atoms with Gasteiger partial charge in [0.25, 0.3) is 5.91 Å². The largest absolute Gasteiger partial charge is 0.491 e. The first kappa shape index (κ1) is 28.1. The molecule has 2 unspecified atom stereocenters. The maximum Gasteiger partial charge on any atom is 0.327 e. The van der Waals surface area contributed by atoms with Crippen LogP contribution in [0.5, 0.6) is 5.75 Å². The molecule has 2 aliphatic heterocycles. The van der Waals surface area contributed by atoms with Crippen LogP contribution in [-0.2, 0) is 11.3 Å². The highest BCUT2D eigenvalue weighted by molar-refractivity contribution is 6.02. The van der Waals surface area contributed by atoms with Crippen molar-refractivity contribution in [2.24, 2.45) is 17.1 Å². The molecule has 210 valence electrons. The van der Waals surface area contributed by atoms with Crippen LogP contribution in [0.2, 0.25) is 0 Å². The summed E-state index contributed by atoms with van der Waals surface area (Å²) in [7, 11) is 3.24. The average Bonchev–Trinajstić information content (AvgIpc) is 3.59. The van der Waals surface area contributed by atoms with Crippen LogP contribution in [0, 0.1) is 16.7 Å². The van der Waals surface area contributed by atoms with E-state index in [9.17, 15) is 19.5 Å². The van der Waals surface area contributed by atoms with Gasteiger partial charge in [-0.05, 0) is 32.3 Å². The number of rotatable bonds is 8. The van der Waals surface area contributed by atoms with Gasteiger partial charge >= 0.3 is 6.03 Å². The minimum atomic E-state index is -1.15. The van der Waals surface area contributed by atoms with E-state index in [4.69, 9.17) is 15.9 Å². The topological polar surface area (TPSA) is 158 Å². The Morgan fingerprint density at radius 2 is 1.85 bits per heavy atom. The van der Waals surface area contributed by atoms with Crippen LogP contribution in [0.25, 0.3) is 0 Å². The molecule has 3 amide bonds. The Labute approximate surface area is 227 Å². The van der Waals surface area contributed by atoms with Crippen LogP contribution in [0.1, 0.15) is 61.3 Å². The Balaban J connectivity index is 1.78. The van der Waals surface area contributed by atoms with E-state index < -0.39 is 29.9 Å². The highest BCUT2D eigenvalue weighted by Gasteiger charge is 2.53. The molecule has 39 heavy (non-hydrogen) atoms. The summed E-state index contributed by atoms with van der Waals surface area (Å²) in [4.78, 5) is 44.5. The molecule has 12 heteroatoms. The molecule has 2 fully saturated rings. The van der Waals surface area contributed by atoms with E-state index in [2.05, 4.69) is 5.10 Å². The van der Waals surface area contributed by atoms with Crippen molar-refractivity contribution < 1.29 is 24.2 Å². The Morgan fingerprint density at radius 1 is 1.23 bits per heavy atom. The van der Waals surface area contributed by atoms with Gasteiger partial charge in [0.05, 0.1) is 25.0 Å². The summed E-state index contributed by atoms with van der Waals surface area (Å²) in [6.07, 6.45) is 1.78. The third kappa shape index (κ3) is 4.96. The van der Waals surface area contributed by atoms with Gasteiger partial charge in [-0.1, -0.05) is 31.2 Å². The number of aromatic nitrogens is 2. The number of carbonyl (C=O) groups excluding carboxylic acids is 3. The van der Waals surface area contributed by atoms with Crippen molar-refractivity contribution in [1.29, 1.82) is 5.41 Å². The van der Waals surface area contributed by atoms with E-state index in [0.29, 0.717) is 36.7 Å². The molecule has 0 spiro atoms. The van der Waals surface area contributed by atoms with E-state index in [-0.39, 0.29) is 23.5 Å². The molecule has 0 saturated carbocycles. The molecular formula is C27H37N7O5. The molecule has 2 aromatic rings. The lowest BCUT2D eigenvalue weighted by molar-refractivity contribution is -0.150. The molecule has 0 radical (unpaired) electrons. The van der Waals surface area contributed by atoms with Gasteiger partial charge < -0.3 is 25.4 Å². The molecule has 2 aliphatic rings. The van der Waals surface area contributed by atoms with Crippen molar-refractivity contribution in [2.75, 3.05) is 38.8 Å². The van der Waals surface area contributed by atoms with Crippen molar-refractivity contribution in [1.82, 2.24) is 19.6 Å². The van der Waals surface area contributed by atoms with Gasteiger partial charge in [-0.3, -0.25) is 19.9 Å². The summed E-state index contributed by atoms with van der Waals surface area (Å²) in [5, 5.41) is 22.2. The fourth-order valence-electron chi connectivity index (χ4n) is 5.04. The van der Waals surface area contributed by atoms with Gasteiger partial charge in [-0.25, -0.2) is 4.79 Å². The molecular weight excluding hydrogens is 502 g/mol. The Bertz CT molecular complexity index is 1280. The molecule has 4 rings (SSSR count). The van der Waals surface area contributed by atoms with Crippen molar-refractivity contribution in [3.8, 4) is 5.75 Å². The minimum Gasteiger partial charge on any atom is -0.491 e. The maximum atomic E-state index is 13.6. The Hall–Kier alpha value is -3.93. The number of nitrogen functional groups attached to an aromatic ring is 1. The number of nitrogens with one attached hydrogen (secondary N) is 1. The highest BCUT2D eigenvalue weighted by Crippen LogP contribution is 2.47. The summed E-state index contributed by atoms with van der Waals surface area (Å²) in [5.41, 5.74) is 6.21. The maximum absolute atomic E-state index is 13.6. The smallest absolute Gasteiger partial charge is 0.327 e. The fourth-order valence-corrected chi connectivity index (χ4v) is 5.04. The zero-order valence-corrected chi connectivity index (χ0v) is 23.1. The number of methoxy groups -OCH3 is 1. The fraction of sp³-hybridized carbons (Fsp3) is 0.519. The molecule has 4 N–H and O–H groups in total. The van der Waals surface area contributed by atoms with Crippen LogP contribution in [-0.4, -0.2) is 82.2 Å². The van der Waals surface area contributed by atoms with Crippen molar-refractivity contribution >= 4 is 29.5 Å². The highest BCUT2D eigenvalue weighted by atomic mass is 16.5. The standard InChI is InChI=1S/C27H37N7O5/c1-16-20(33(24(16)36)26(38)32-12-6-7-13-32)19-21(39-5)23(34(30-19)25(37)27(2,3)15-35)31(4)14-17-8-10-18(11-9-17)22(28)29/h8-11,16,20,35H,6-7,12-15H2,1-5H3,(H3,28,29). The number of likely N-dealkylation sites (tertiary alicyclic amines) is 2. The monoisotopic (exact) mass is 539 g/mol. The van der Waals surface area contributed by atoms with Crippen LogP contribution in [0.15, 0.2) is 24.3 Å². The second-order valence-electron chi connectivity index (χ2n) is 10.9. The average molecular weight is 540 g/mol. The molecule has 1 aromatic carbocycles. The van der Waals surface area contributed by atoms with Gasteiger partial charge in [0.1, 0.15) is 17.6 Å². The van der Waals surface area contributed by atoms with Gasteiger partial charge in [-0.2, -0.15) is 9.78 Å². The summed E-state index contributed by atoms with van der Waals surface area (Å²) in [5.74, 6) is -0.700. The molecule has 2 saturated heterocycles. The Kier molecular flexibility index (Phi) is 7.69. The van der Waals surface area contributed by atoms with Gasteiger partial charge in [0, 0.05) is 32.2 Å². The SMILES string of the molecule is COc1c(C2C(C)C(=O)N2C(=O)N2CCCC2)nn(C(=O)C(C)(C)CO)c1N(C)Cc1ccc(C(=N)N)cc1. The lowest BCUT2D eigenvalue weighted by atomic mass is 9.86. The number of amides is 3. The third-order valence-electron chi connectivity index (χ3n) is 7.50. The first-order valence-electron chi connectivity index (χ1n) is 13.0. The zero-order chi connectivity index (χ0) is 28.6. The van der Waals surface area contributed by atoms with E-state index in [1.54, 1.807) is 49.8 Å². The molecule has 0 aliphatic carbocycles. The zero-order valence-electron chi connectivity index (χ0n) is 23.1. The first-order valence-corrected chi connectivity index (χ1v) is 13.0. The van der Waals surface area contributed by atoms with Crippen molar-refractivity contribution in [3.63, 3.8) is 0 Å². The van der Waals surface area contributed by atoms with Crippen LogP contribution >= 0.6 is 0 Å². The number of benzene rings is 1. The molecule has 3 heterocycles. The molecule has 1 aromatic heterocycles. The number of amidine groups is 1. The van der Waals surface area contributed by atoms with Crippen molar-refractivity contribution in [3.05, 3.63) is 41.1 Å². The normalized spacial score (nSPS) is 19.2. The van der Waals surface area contributed by atoms with E-state index in [1.807, 2.05) is 12.1 Å². The number of aliphatic hydroxyl groups excluding tert-OH is 1. The third-order valence-corrected chi connectivity index (χ3v) is 7.50. The van der Waals surface area contributed by atoms with Crippen LogP contribution in [0.3, 0.4) is 0 Å². The van der Waals surface area contributed by atoms with Gasteiger partial charge in [0.15, 0.2) is 11.6 Å². The molecule has 12 nitrogen and oxygen atoms in total. The summed E-state index contributed by atoms with van der Waals surface area (Å²) in [6, 6.07) is 6.10. The lowest BCUT2D eigenvalue weighted by Gasteiger charge is -2.44. The number of anilines is 1. The lowest BCUT2D eigenvalue weighted by Crippen LogP contribution is -2.59. The number of imide groups is 1.